The third-order valence-corrected chi connectivity index (χ3v) is 3.59. The molecule has 2 N–H and O–H groups in total. The van der Waals surface area contributed by atoms with Crippen molar-refractivity contribution in [3.05, 3.63) is 18.2 Å². The summed E-state index contributed by atoms with van der Waals surface area (Å²) in [4.78, 5) is 6.73. The molecule has 2 rings (SSSR count). The number of hydrogen-bond acceptors (Lipinski definition) is 4. The van der Waals surface area contributed by atoms with E-state index < -0.39 is 0 Å². The molecule has 0 aliphatic heterocycles. The van der Waals surface area contributed by atoms with E-state index >= 15 is 0 Å². The molecule has 3 nitrogen and oxygen atoms in total. The fourth-order valence-corrected chi connectivity index (χ4v) is 2.41. The summed E-state index contributed by atoms with van der Waals surface area (Å²) in [5, 5.41) is 1.05. The number of nitrogens with zero attached hydrogens (tertiary/aromatic N) is 2. The Morgan fingerprint density at radius 1 is 1.40 bits per heavy atom. The maximum absolute atomic E-state index is 5.73. The zero-order valence-corrected chi connectivity index (χ0v) is 10.0. The standard InChI is InChI=1S/C11H15N3S/c1-7(2)14(3)11-13-9-5-4-8(12)6-10(9)15-11/h4-7H,12H2,1-3H3. The molecule has 15 heavy (non-hydrogen) atoms. The van der Waals surface area contributed by atoms with Gasteiger partial charge in [-0.1, -0.05) is 11.3 Å². The number of anilines is 2. The van der Waals surface area contributed by atoms with Crippen molar-refractivity contribution in [1.29, 1.82) is 0 Å². The van der Waals surface area contributed by atoms with Crippen LogP contribution < -0.4 is 10.6 Å². The lowest BCUT2D eigenvalue weighted by Crippen LogP contribution is -2.25. The van der Waals surface area contributed by atoms with Crippen LogP contribution in [0.2, 0.25) is 0 Å². The molecule has 0 aliphatic rings. The summed E-state index contributed by atoms with van der Waals surface area (Å²) in [6, 6.07) is 6.30. The first-order valence-corrected chi connectivity index (χ1v) is 5.78. The number of rotatable bonds is 2. The van der Waals surface area contributed by atoms with Crippen molar-refractivity contribution in [3.63, 3.8) is 0 Å². The van der Waals surface area contributed by atoms with E-state index in [1.165, 1.54) is 0 Å². The third-order valence-electron chi connectivity index (χ3n) is 2.48. The van der Waals surface area contributed by atoms with Crippen molar-refractivity contribution in [1.82, 2.24) is 4.98 Å². The first kappa shape index (κ1) is 10.2. The van der Waals surface area contributed by atoms with E-state index in [0.29, 0.717) is 6.04 Å². The van der Waals surface area contributed by atoms with Gasteiger partial charge in [-0.25, -0.2) is 4.98 Å². The van der Waals surface area contributed by atoms with Crippen LogP contribution in [0.15, 0.2) is 18.2 Å². The minimum atomic E-state index is 0.461. The van der Waals surface area contributed by atoms with Crippen LogP contribution in [-0.4, -0.2) is 18.1 Å². The fraction of sp³-hybridized carbons (Fsp3) is 0.364. The summed E-state index contributed by atoms with van der Waals surface area (Å²) >= 11 is 1.68. The number of thiazole rings is 1. The molecule has 0 fully saturated rings. The highest BCUT2D eigenvalue weighted by molar-refractivity contribution is 7.22. The van der Waals surface area contributed by atoms with E-state index in [1.807, 2.05) is 18.2 Å². The maximum atomic E-state index is 5.73. The molecule has 0 aliphatic carbocycles. The molecule has 0 bridgehead atoms. The molecule has 0 amide bonds. The number of fused-ring (bicyclic) bond motifs is 1. The Balaban J connectivity index is 2.47. The van der Waals surface area contributed by atoms with Crippen molar-refractivity contribution in [2.24, 2.45) is 0 Å². The number of aromatic nitrogens is 1. The Labute approximate surface area is 93.5 Å². The molecule has 0 unspecified atom stereocenters. The Kier molecular flexibility index (Phi) is 2.52. The van der Waals surface area contributed by atoms with Crippen LogP contribution in [0.4, 0.5) is 10.8 Å². The topological polar surface area (TPSA) is 42.2 Å². The van der Waals surface area contributed by atoms with Gasteiger partial charge >= 0.3 is 0 Å². The molecule has 0 saturated heterocycles. The molecule has 2 aromatic rings. The highest BCUT2D eigenvalue weighted by Gasteiger charge is 2.10. The molecule has 0 spiro atoms. The van der Waals surface area contributed by atoms with Gasteiger partial charge in [0.05, 0.1) is 10.2 Å². The van der Waals surface area contributed by atoms with E-state index in [-0.39, 0.29) is 0 Å². The van der Waals surface area contributed by atoms with Crippen LogP contribution in [0.3, 0.4) is 0 Å². The smallest absolute Gasteiger partial charge is 0.186 e. The van der Waals surface area contributed by atoms with Gasteiger partial charge in [0, 0.05) is 18.8 Å². The maximum Gasteiger partial charge on any atom is 0.186 e. The first-order chi connectivity index (χ1) is 7.08. The number of nitrogen functional groups attached to an aromatic ring is 1. The second-order valence-corrected chi connectivity index (χ2v) is 4.94. The van der Waals surface area contributed by atoms with Crippen LogP contribution in [0.1, 0.15) is 13.8 Å². The van der Waals surface area contributed by atoms with Crippen LogP contribution >= 0.6 is 11.3 Å². The predicted molar refractivity (Wildman–Crippen MR) is 67.6 cm³/mol. The monoisotopic (exact) mass is 221 g/mol. The average molecular weight is 221 g/mol. The largest absolute Gasteiger partial charge is 0.399 e. The Morgan fingerprint density at radius 2 is 2.13 bits per heavy atom. The van der Waals surface area contributed by atoms with Gasteiger partial charge in [-0.2, -0.15) is 0 Å². The highest BCUT2D eigenvalue weighted by Crippen LogP contribution is 2.30. The Morgan fingerprint density at radius 3 is 2.80 bits per heavy atom. The molecule has 0 atom stereocenters. The van der Waals surface area contributed by atoms with Gasteiger partial charge in [-0.05, 0) is 32.0 Å². The predicted octanol–water partition coefficient (Wildman–Crippen LogP) is 2.72. The van der Waals surface area contributed by atoms with Crippen molar-refractivity contribution in [2.75, 3.05) is 17.7 Å². The van der Waals surface area contributed by atoms with Gasteiger partial charge < -0.3 is 10.6 Å². The molecule has 1 aromatic heterocycles. The SMILES string of the molecule is CC(C)N(C)c1nc2ccc(N)cc2s1. The quantitative estimate of drug-likeness (QED) is 0.793. The van der Waals surface area contributed by atoms with Gasteiger partial charge in [-0.15, -0.1) is 0 Å². The average Bonchev–Trinajstić information content (AvgIpc) is 2.58. The number of benzene rings is 1. The molecule has 1 aromatic carbocycles. The van der Waals surface area contributed by atoms with Gasteiger partial charge in [0.1, 0.15) is 0 Å². The zero-order valence-electron chi connectivity index (χ0n) is 9.19. The molecule has 0 radical (unpaired) electrons. The van der Waals surface area contributed by atoms with Crippen LogP contribution in [-0.2, 0) is 0 Å². The molecular weight excluding hydrogens is 206 g/mol. The minimum absolute atomic E-state index is 0.461. The summed E-state index contributed by atoms with van der Waals surface area (Å²) in [5.41, 5.74) is 7.56. The summed E-state index contributed by atoms with van der Waals surface area (Å²) < 4.78 is 1.15. The van der Waals surface area contributed by atoms with Crippen LogP contribution in [0.25, 0.3) is 10.2 Å². The molecule has 1 heterocycles. The third kappa shape index (κ3) is 1.90. The van der Waals surface area contributed by atoms with E-state index in [2.05, 4.69) is 30.8 Å². The Hall–Kier alpha value is -1.29. The summed E-state index contributed by atoms with van der Waals surface area (Å²) in [5.74, 6) is 0. The van der Waals surface area contributed by atoms with Crippen LogP contribution in [0, 0.1) is 0 Å². The van der Waals surface area contributed by atoms with E-state index in [0.717, 1.165) is 21.0 Å². The fourth-order valence-electron chi connectivity index (χ4n) is 1.30. The second-order valence-electron chi connectivity index (χ2n) is 3.93. The van der Waals surface area contributed by atoms with Crippen molar-refractivity contribution >= 4 is 32.4 Å². The van der Waals surface area contributed by atoms with E-state index in [1.54, 1.807) is 11.3 Å². The Bertz CT molecular complexity index is 476. The first-order valence-electron chi connectivity index (χ1n) is 4.97. The van der Waals surface area contributed by atoms with Gasteiger partial charge in [0.25, 0.3) is 0 Å². The number of nitrogens with two attached hydrogens (primary N) is 1. The zero-order chi connectivity index (χ0) is 11.0. The van der Waals surface area contributed by atoms with Gasteiger partial charge in [0.2, 0.25) is 0 Å². The normalized spacial score (nSPS) is 11.2. The van der Waals surface area contributed by atoms with Crippen molar-refractivity contribution < 1.29 is 0 Å². The van der Waals surface area contributed by atoms with E-state index in [4.69, 9.17) is 5.73 Å². The highest BCUT2D eigenvalue weighted by atomic mass is 32.1. The minimum Gasteiger partial charge on any atom is -0.399 e. The van der Waals surface area contributed by atoms with Gasteiger partial charge in [0.15, 0.2) is 5.13 Å². The van der Waals surface area contributed by atoms with Gasteiger partial charge in [-0.3, -0.25) is 0 Å². The van der Waals surface area contributed by atoms with E-state index in [9.17, 15) is 0 Å². The molecule has 0 saturated carbocycles. The summed E-state index contributed by atoms with van der Waals surface area (Å²) in [6.45, 7) is 4.31. The summed E-state index contributed by atoms with van der Waals surface area (Å²) in [7, 11) is 2.06. The second kappa shape index (κ2) is 3.70. The lowest BCUT2D eigenvalue weighted by atomic mass is 10.3. The molecule has 80 valence electrons. The van der Waals surface area contributed by atoms with Crippen molar-refractivity contribution in [3.8, 4) is 0 Å². The van der Waals surface area contributed by atoms with Crippen LogP contribution in [0.5, 0.6) is 0 Å². The summed E-state index contributed by atoms with van der Waals surface area (Å²) in [6.07, 6.45) is 0. The van der Waals surface area contributed by atoms with Crippen molar-refractivity contribution in [2.45, 2.75) is 19.9 Å². The lowest BCUT2D eigenvalue weighted by molar-refractivity contribution is 0.752. The molecule has 4 heteroatoms. The lowest BCUT2D eigenvalue weighted by Gasteiger charge is -2.19. The molecular formula is C11H15N3S. The number of hydrogen-bond donors (Lipinski definition) is 1.